The minimum atomic E-state index is -0.553. The van der Waals surface area contributed by atoms with E-state index in [9.17, 15) is 13.6 Å². The van der Waals surface area contributed by atoms with Crippen LogP contribution in [-0.4, -0.2) is 18.6 Å². The number of rotatable bonds is 2. The monoisotopic (exact) mass is 283 g/mol. The number of hydrogen-bond donors (Lipinski definition) is 1. The van der Waals surface area contributed by atoms with Crippen LogP contribution in [0, 0.1) is 24.5 Å². The van der Waals surface area contributed by atoms with E-state index in [4.69, 9.17) is 9.59 Å². The van der Waals surface area contributed by atoms with Crippen LogP contribution in [0.5, 0.6) is 0 Å². The number of aryl methyl sites for hydroxylation is 1. The Morgan fingerprint density at radius 1 is 1.30 bits per heavy atom. The van der Waals surface area contributed by atoms with Gasteiger partial charge in [0.15, 0.2) is 0 Å². The van der Waals surface area contributed by atoms with Crippen molar-refractivity contribution in [1.29, 1.82) is 0 Å². The van der Waals surface area contributed by atoms with Crippen molar-refractivity contribution in [3.05, 3.63) is 34.9 Å². The molecule has 1 fully saturated rings. The minimum absolute atomic E-state index is 0.0424. The van der Waals surface area contributed by atoms with Gasteiger partial charge in [-0.2, -0.15) is 9.59 Å². The highest BCUT2D eigenvalue weighted by Crippen LogP contribution is 2.34. The van der Waals surface area contributed by atoms with E-state index in [1.165, 1.54) is 12.1 Å². The Bertz CT molecular complexity index is 516. The van der Waals surface area contributed by atoms with Crippen LogP contribution in [0.4, 0.5) is 8.78 Å². The third-order valence-electron chi connectivity index (χ3n) is 3.35. The maximum Gasteiger partial charge on any atom is 0.373 e. The highest BCUT2D eigenvalue weighted by Gasteiger charge is 2.37. The Hall–Kier alpha value is -2.07. The molecule has 0 aromatic heterocycles. The lowest BCUT2D eigenvalue weighted by atomic mass is 9.86. The zero-order valence-corrected chi connectivity index (χ0v) is 11.2. The molecule has 4 nitrogen and oxygen atoms in total. The summed E-state index contributed by atoms with van der Waals surface area (Å²) >= 11 is 0. The first-order chi connectivity index (χ1) is 9.46. The summed E-state index contributed by atoms with van der Waals surface area (Å²) in [6, 6.07) is 2.63. The van der Waals surface area contributed by atoms with Gasteiger partial charge in [-0.1, -0.05) is 6.92 Å². The van der Waals surface area contributed by atoms with E-state index in [2.05, 4.69) is 5.32 Å². The summed E-state index contributed by atoms with van der Waals surface area (Å²) in [7, 11) is 0. The Morgan fingerprint density at radius 2 is 1.80 bits per heavy atom. The minimum Gasteiger partial charge on any atom is -0.355 e. The molecule has 20 heavy (non-hydrogen) atoms. The molecule has 0 spiro atoms. The van der Waals surface area contributed by atoms with Crippen LogP contribution in [0.15, 0.2) is 12.1 Å². The van der Waals surface area contributed by atoms with Gasteiger partial charge >= 0.3 is 6.15 Å². The van der Waals surface area contributed by atoms with E-state index in [0.717, 1.165) is 0 Å². The molecule has 1 saturated heterocycles. The summed E-state index contributed by atoms with van der Waals surface area (Å²) in [6.07, 6.45) is 0.837. The van der Waals surface area contributed by atoms with Gasteiger partial charge in [0, 0.05) is 23.9 Å². The largest absolute Gasteiger partial charge is 0.373 e. The van der Waals surface area contributed by atoms with Gasteiger partial charge in [-0.3, -0.25) is 4.79 Å². The Kier molecular flexibility index (Phi) is 5.53. The summed E-state index contributed by atoms with van der Waals surface area (Å²) in [5, 5.41) is 2.67. The Balaban J connectivity index is 0.000000612. The van der Waals surface area contributed by atoms with Crippen LogP contribution in [-0.2, 0) is 14.4 Å². The molecule has 1 aliphatic rings. The zero-order chi connectivity index (χ0) is 15.3. The van der Waals surface area contributed by atoms with E-state index in [1.807, 2.05) is 6.92 Å². The zero-order valence-electron chi connectivity index (χ0n) is 11.2. The third kappa shape index (κ3) is 3.27. The van der Waals surface area contributed by atoms with Crippen molar-refractivity contribution in [3.8, 4) is 0 Å². The molecular formula is C14H15F2NO3. The lowest BCUT2D eigenvalue weighted by molar-refractivity contribution is -0.191. The molecule has 1 aromatic rings. The van der Waals surface area contributed by atoms with E-state index < -0.39 is 17.6 Å². The lowest BCUT2D eigenvalue weighted by Gasteiger charge is -2.17. The number of carbonyl (C=O) groups excluding carboxylic acids is 3. The molecule has 1 amide bonds. The predicted molar refractivity (Wildman–Crippen MR) is 65.6 cm³/mol. The molecule has 1 N–H and O–H groups in total. The van der Waals surface area contributed by atoms with Crippen LogP contribution in [0.1, 0.15) is 30.4 Å². The topological polar surface area (TPSA) is 63.2 Å². The fourth-order valence-electron chi connectivity index (χ4n) is 2.51. The predicted octanol–water partition coefficient (Wildman–Crippen LogP) is 1.93. The van der Waals surface area contributed by atoms with Crippen molar-refractivity contribution >= 4 is 12.1 Å². The van der Waals surface area contributed by atoms with Crippen molar-refractivity contribution < 1.29 is 23.2 Å². The van der Waals surface area contributed by atoms with Crippen LogP contribution in [0.3, 0.4) is 0 Å². The third-order valence-corrected chi connectivity index (χ3v) is 3.35. The highest BCUT2D eigenvalue weighted by molar-refractivity contribution is 5.82. The summed E-state index contributed by atoms with van der Waals surface area (Å²) in [4.78, 5) is 27.8. The van der Waals surface area contributed by atoms with Gasteiger partial charge in [0.2, 0.25) is 5.91 Å². The standard InChI is InChI=1S/C13H15F2NO.CO2/c1-3-8-9(6-16-13(8)17)12-10(14)4-7(2)5-11(12)15;2-1-3/h4-5,8-9H,3,6H2,1-2H3,(H,16,17);/t8-,9+;/m0./s1. The molecule has 1 heterocycles. The first kappa shape index (κ1) is 16.0. The smallest absolute Gasteiger partial charge is 0.355 e. The Labute approximate surface area is 115 Å². The molecule has 0 aliphatic carbocycles. The number of nitrogens with one attached hydrogen (secondary N) is 1. The van der Waals surface area contributed by atoms with Crippen molar-refractivity contribution in [2.24, 2.45) is 5.92 Å². The second-order valence-electron chi connectivity index (χ2n) is 4.59. The molecule has 1 aromatic carbocycles. The molecule has 6 heteroatoms. The van der Waals surface area contributed by atoms with Crippen molar-refractivity contribution in [3.63, 3.8) is 0 Å². The summed E-state index contributed by atoms with van der Waals surface area (Å²) in [5.74, 6) is -1.95. The molecule has 1 aliphatic heterocycles. The van der Waals surface area contributed by atoms with Crippen LogP contribution in [0.25, 0.3) is 0 Å². The van der Waals surface area contributed by atoms with E-state index in [-0.39, 0.29) is 23.5 Å². The van der Waals surface area contributed by atoms with E-state index in [1.54, 1.807) is 6.92 Å². The molecule has 0 unspecified atom stereocenters. The van der Waals surface area contributed by atoms with Gasteiger partial charge in [0.05, 0.1) is 0 Å². The first-order valence-corrected chi connectivity index (χ1v) is 6.18. The Morgan fingerprint density at radius 3 is 2.25 bits per heavy atom. The number of benzene rings is 1. The van der Waals surface area contributed by atoms with Gasteiger partial charge in [-0.25, -0.2) is 8.78 Å². The summed E-state index contributed by atoms with van der Waals surface area (Å²) < 4.78 is 27.6. The SMILES string of the molecule is CC[C@@H]1C(=O)NC[C@H]1c1c(F)cc(C)cc1F.O=C=O. The fourth-order valence-corrected chi connectivity index (χ4v) is 2.51. The van der Waals surface area contributed by atoms with Gasteiger partial charge in [-0.05, 0) is 31.0 Å². The molecule has 2 rings (SSSR count). The molecule has 108 valence electrons. The number of amides is 1. The number of halogens is 2. The molecular weight excluding hydrogens is 268 g/mol. The lowest BCUT2D eigenvalue weighted by Crippen LogP contribution is -2.19. The van der Waals surface area contributed by atoms with E-state index in [0.29, 0.717) is 18.5 Å². The summed E-state index contributed by atoms with van der Waals surface area (Å²) in [5.41, 5.74) is 0.592. The van der Waals surface area contributed by atoms with Crippen molar-refractivity contribution in [1.82, 2.24) is 5.32 Å². The second-order valence-corrected chi connectivity index (χ2v) is 4.59. The van der Waals surface area contributed by atoms with Crippen LogP contribution >= 0.6 is 0 Å². The maximum absolute atomic E-state index is 13.8. The quantitative estimate of drug-likeness (QED) is 0.902. The van der Waals surface area contributed by atoms with E-state index >= 15 is 0 Å². The summed E-state index contributed by atoms with van der Waals surface area (Å²) in [6.45, 7) is 3.81. The van der Waals surface area contributed by atoms with Crippen molar-refractivity contribution in [2.45, 2.75) is 26.2 Å². The average Bonchev–Trinajstić information content (AvgIpc) is 2.70. The highest BCUT2D eigenvalue weighted by atomic mass is 19.1. The normalized spacial score (nSPS) is 20.7. The van der Waals surface area contributed by atoms with Crippen LogP contribution < -0.4 is 5.32 Å². The van der Waals surface area contributed by atoms with Crippen molar-refractivity contribution in [2.75, 3.05) is 6.54 Å². The number of carbonyl (C=O) groups is 1. The van der Waals surface area contributed by atoms with Gasteiger partial charge in [0.1, 0.15) is 11.6 Å². The van der Waals surface area contributed by atoms with Gasteiger partial charge < -0.3 is 5.32 Å². The number of hydrogen-bond acceptors (Lipinski definition) is 3. The van der Waals surface area contributed by atoms with Gasteiger partial charge in [0.25, 0.3) is 0 Å². The molecule has 0 saturated carbocycles. The first-order valence-electron chi connectivity index (χ1n) is 6.18. The molecule has 0 bridgehead atoms. The maximum atomic E-state index is 13.8. The average molecular weight is 283 g/mol. The second kappa shape index (κ2) is 6.91. The van der Waals surface area contributed by atoms with Crippen LogP contribution in [0.2, 0.25) is 0 Å². The fraction of sp³-hybridized carbons (Fsp3) is 0.429. The van der Waals surface area contributed by atoms with Gasteiger partial charge in [-0.15, -0.1) is 0 Å². The molecule has 2 atom stereocenters. The molecule has 0 radical (unpaired) electrons.